The molecule has 1 unspecified atom stereocenters. The number of Topliss-reactive ketones (excluding diaryl/α,β-unsaturated/α-hetero) is 1. The van der Waals surface area contributed by atoms with E-state index in [4.69, 9.17) is 0 Å². The van der Waals surface area contributed by atoms with Crippen LogP contribution in [0.1, 0.15) is 25.7 Å². The molecule has 2 heterocycles. The number of nitrogens with one attached hydrogen (secondary N) is 1. The Bertz CT molecular complexity index is 599. The van der Waals surface area contributed by atoms with Crippen LogP contribution < -0.4 is 5.32 Å². The maximum absolute atomic E-state index is 11.9. The van der Waals surface area contributed by atoms with Crippen molar-refractivity contribution >= 4 is 29.4 Å². The molecule has 1 aliphatic carbocycles. The molecular weight excluding hydrogens is 314 g/mol. The fraction of sp³-hybridized carbons (Fsp3) is 0.562. The summed E-state index contributed by atoms with van der Waals surface area (Å²) < 4.78 is 0. The van der Waals surface area contributed by atoms with E-state index in [1.54, 1.807) is 16.7 Å². The Hall–Kier alpha value is -1.76. The molecule has 3 rings (SSSR count). The monoisotopic (exact) mass is 335 g/mol. The lowest BCUT2D eigenvalue weighted by Gasteiger charge is -2.23. The van der Waals surface area contributed by atoms with Gasteiger partial charge in [0, 0.05) is 33.0 Å². The molecule has 7 heteroatoms. The summed E-state index contributed by atoms with van der Waals surface area (Å²) in [6.07, 6.45) is 6.53. The smallest absolute Gasteiger partial charge is 0.239 e. The normalized spacial score (nSPS) is 23.8. The minimum Gasteiger partial charge on any atom is -0.361 e. The van der Waals surface area contributed by atoms with E-state index in [0.29, 0.717) is 25.9 Å². The zero-order chi connectivity index (χ0) is 16.4. The van der Waals surface area contributed by atoms with Crippen LogP contribution in [0.4, 0.5) is 0 Å². The number of nitrogens with zero attached hydrogens (tertiary/aromatic N) is 2. The largest absolute Gasteiger partial charge is 0.361 e. The van der Waals surface area contributed by atoms with Crippen LogP contribution in [0.5, 0.6) is 0 Å². The van der Waals surface area contributed by atoms with Crippen LogP contribution in [0.25, 0.3) is 0 Å². The van der Waals surface area contributed by atoms with E-state index in [-0.39, 0.29) is 29.5 Å². The predicted molar refractivity (Wildman–Crippen MR) is 88.4 cm³/mol. The highest BCUT2D eigenvalue weighted by Crippen LogP contribution is 2.41. The molecule has 3 aliphatic rings. The molecule has 2 aliphatic heterocycles. The first-order valence-electron chi connectivity index (χ1n) is 7.94. The van der Waals surface area contributed by atoms with Crippen LogP contribution in [0.15, 0.2) is 22.8 Å². The van der Waals surface area contributed by atoms with E-state index < -0.39 is 0 Å². The van der Waals surface area contributed by atoms with Crippen molar-refractivity contribution in [1.29, 1.82) is 0 Å². The Balaban J connectivity index is 1.43. The molecule has 0 aromatic rings. The van der Waals surface area contributed by atoms with E-state index in [1.165, 1.54) is 0 Å². The fourth-order valence-corrected chi connectivity index (χ4v) is 4.38. The number of carbonyl (C=O) groups is 3. The summed E-state index contributed by atoms with van der Waals surface area (Å²) in [6, 6.07) is 0. The average Bonchev–Trinajstić information content (AvgIpc) is 3.06. The Kier molecular flexibility index (Phi) is 4.75. The summed E-state index contributed by atoms with van der Waals surface area (Å²) in [5.74, 6) is 0.131. The maximum Gasteiger partial charge on any atom is 0.239 e. The number of hydrogen-bond donors (Lipinski definition) is 1. The third-order valence-electron chi connectivity index (χ3n) is 4.35. The number of allylic oxidation sites excluding steroid dienone is 3. The lowest BCUT2D eigenvalue weighted by atomic mass is 10.1. The predicted octanol–water partition coefficient (Wildman–Crippen LogP) is 0.860. The average molecular weight is 335 g/mol. The van der Waals surface area contributed by atoms with Crippen LogP contribution >= 0.6 is 11.8 Å². The molecule has 0 radical (unpaired) electrons. The van der Waals surface area contributed by atoms with Crippen LogP contribution in [0.2, 0.25) is 0 Å². The summed E-state index contributed by atoms with van der Waals surface area (Å²) in [7, 11) is 1.98. The number of likely N-dealkylation sites (N-methyl/N-ethyl adjacent to an activating group) is 1. The van der Waals surface area contributed by atoms with Crippen molar-refractivity contribution in [1.82, 2.24) is 15.1 Å². The van der Waals surface area contributed by atoms with Gasteiger partial charge in [-0.1, -0.05) is 17.8 Å². The summed E-state index contributed by atoms with van der Waals surface area (Å²) >= 11 is 1.58. The van der Waals surface area contributed by atoms with E-state index in [1.807, 2.05) is 19.2 Å². The van der Waals surface area contributed by atoms with Gasteiger partial charge in [0.15, 0.2) is 5.78 Å². The first-order chi connectivity index (χ1) is 11.1. The minimum atomic E-state index is -0.111. The maximum atomic E-state index is 11.9. The van der Waals surface area contributed by atoms with Gasteiger partial charge in [0.25, 0.3) is 0 Å². The summed E-state index contributed by atoms with van der Waals surface area (Å²) in [5.41, 5.74) is 0.991. The fourth-order valence-electron chi connectivity index (χ4n) is 3.05. The highest BCUT2D eigenvalue weighted by Gasteiger charge is 2.33. The van der Waals surface area contributed by atoms with Crippen molar-refractivity contribution in [2.24, 2.45) is 0 Å². The molecular formula is C16H21N3O3S. The van der Waals surface area contributed by atoms with Crippen LogP contribution in [-0.2, 0) is 14.4 Å². The van der Waals surface area contributed by atoms with E-state index in [0.717, 1.165) is 23.4 Å². The Labute approximate surface area is 139 Å². The van der Waals surface area contributed by atoms with Gasteiger partial charge in [-0.15, -0.1) is 0 Å². The van der Waals surface area contributed by atoms with Gasteiger partial charge in [-0.05, 0) is 18.9 Å². The summed E-state index contributed by atoms with van der Waals surface area (Å²) in [4.78, 5) is 39.9. The molecule has 23 heavy (non-hydrogen) atoms. The zero-order valence-corrected chi connectivity index (χ0v) is 14.0. The topological polar surface area (TPSA) is 69.7 Å². The minimum absolute atomic E-state index is 0.0633. The van der Waals surface area contributed by atoms with Crippen molar-refractivity contribution in [2.45, 2.75) is 31.1 Å². The van der Waals surface area contributed by atoms with Gasteiger partial charge in [0.05, 0.1) is 22.5 Å². The number of carbonyl (C=O) groups excluding carboxylic acids is 3. The quantitative estimate of drug-likeness (QED) is 0.807. The molecule has 1 N–H and O–H groups in total. The van der Waals surface area contributed by atoms with Crippen LogP contribution in [0.3, 0.4) is 0 Å². The van der Waals surface area contributed by atoms with Crippen molar-refractivity contribution in [3.05, 3.63) is 22.8 Å². The highest BCUT2D eigenvalue weighted by molar-refractivity contribution is 8.04. The molecule has 0 saturated carbocycles. The van der Waals surface area contributed by atoms with Gasteiger partial charge < -0.3 is 15.1 Å². The third-order valence-corrected chi connectivity index (χ3v) is 5.85. The zero-order valence-electron chi connectivity index (χ0n) is 13.2. The SMILES string of the molecule is CN1C2=C(SC1CCNC(=O)CN1CCCC1=O)C(=O)CC=C2. The molecule has 0 aromatic carbocycles. The number of likely N-dealkylation sites (tertiary alicyclic amines) is 1. The Morgan fingerprint density at radius 3 is 2.96 bits per heavy atom. The van der Waals surface area contributed by atoms with E-state index in [9.17, 15) is 14.4 Å². The van der Waals surface area contributed by atoms with Gasteiger partial charge in [-0.25, -0.2) is 0 Å². The number of rotatable bonds is 5. The molecule has 1 saturated heterocycles. The van der Waals surface area contributed by atoms with Gasteiger partial charge in [0.2, 0.25) is 11.8 Å². The first kappa shape index (κ1) is 16.1. The number of thioether (sulfide) groups is 1. The number of amides is 2. The van der Waals surface area contributed by atoms with Crippen LogP contribution in [0, 0.1) is 0 Å². The third kappa shape index (κ3) is 3.44. The Morgan fingerprint density at radius 2 is 2.26 bits per heavy atom. The van der Waals surface area contributed by atoms with Crippen LogP contribution in [-0.4, -0.2) is 59.5 Å². The first-order valence-corrected chi connectivity index (χ1v) is 8.82. The van der Waals surface area contributed by atoms with Crippen molar-refractivity contribution in [2.75, 3.05) is 26.7 Å². The van der Waals surface area contributed by atoms with Gasteiger partial charge in [-0.2, -0.15) is 0 Å². The Morgan fingerprint density at radius 1 is 1.43 bits per heavy atom. The molecule has 2 amide bonds. The molecule has 0 bridgehead atoms. The van der Waals surface area contributed by atoms with E-state index in [2.05, 4.69) is 10.2 Å². The number of hydrogen-bond acceptors (Lipinski definition) is 5. The standard InChI is InChI=1S/C16H21N3O3S/c1-18-11-4-2-5-12(20)16(11)23-15(18)7-8-17-13(21)10-19-9-3-6-14(19)22/h2,4,15H,3,5-10H2,1H3,(H,17,21). The molecule has 124 valence electrons. The highest BCUT2D eigenvalue weighted by atomic mass is 32.2. The summed E-state index contributed by atoms with van der Waals surface area (Å²) in [6.45, 7) is 1.38. The second-order valence-electron chi connectivity index (χ2n) is 5.98. The second-order valence-corrected chi connectivity index (χ2v) is 7.17. The van der Waals surface area contributed by atoms with Gasteiger partial charge in [0.1, 0.15) is 0 Å². The molecule has 0 spiro atoms. The number of ketones is 1. The van der Waals surface area contributed by atoms with Crippen molar-refractivity contribution < 1.29 is 14.4 Å². The van der Waals surface area contributed by atoms with E-state index >= 15 is 0 Å². The van der Waals surface area contributed by atoms with Gasteiger partial charge in [-0.3, -0.25) is 14.4 Å². The molecule has 1 atom stereocenters. The second kappa shape index (κ2) is 6.78. The van der Waals surface area contributed by atoms with Gasteiger partial charge >= 0.3 is 0 Å². The summed E-state index contributed by atoms with van der Waals surface area (Å²) in [5, 5.41) is 3.04. The lowest BCUT2D eigenvalue weighted by molar-refractivity contribution is -0.133. The van der Waals surface area contributed by atoms with Crippen molar-refractivity contribution in [3.63, 3.8) is 0 Å². The van der Waals surface area contributed by atoms with Crippen molar-refractivity contribution in [3.8, 4) is 0 Å². The molecule has 6 nitrogen and oxygen atoms in total. The molecule has 0 aromatic heterocycles. The lowest BCUT2D eigenvalue weighted by Crippen LogP contribution is -2.39. The molecule has 1 fully saturated rings.